The van der Waals surface area contributed by atoms with E-state index in [1.807, 2.05) is 55.7 Å². The van der Waals surface area contributed by atoms with Gasteiger partial charge in [-0.3, -0.25) is 14.7 Å². The maximum Gasteiger partial charge on any atom is 0.271 e. The second kappa shape index (κ2) is 9.88. The standard InChI is InChI=1S/C28H32N6O/c1-20-12-13-23-8-7-11-25(27(23)30-20)33-18-16-32(17-19-33)15-14-29-28(35)26-21(2)34(22(3)31-26)24-9-5-4-6-10-24/h4-13H,14-19H2,1-3H3,(H,29,35). The summed E-state index contributed by atoms with van der Waals surface area (Å²) in [6.45, 7) is 11.2. The smallest absolute Gasteiger partial charge is 0.271 e. The van der Waals surface area contributed by atoms with Crippen LogP contribution in [0.2, 0.25) is 0 Å². The van der Waals surface area contributed by atoms with Crippen LogP contribution in [0.4, 0.5) is 5.69 Å². The number of benzene rings is 2. The van der Waals surface area contributed by atoms with Gasteiger partial charge in [-0.1, -0.05) is 36.4 Å². The topological polar surface area (TPSA) is 66.3 Å². The van der Waals surface area contributed by atoms with E-state index in [0.717, 1.165) is 61.1 Å². The number of imidazole rings is 1. The molecule has 0 bridgehead atoms. The summed E-state index contributed by atoms with van der Waals surface area (Å²) in [7, 11) is 0. The van der Waals surface area contributed by atoms with Gasteiger partial charge in [0.15, 0.2) is 0 Å². The summed E-state index contributed by atoms with van der Waals surface area (Å²) >= 11 is 0. The van der Waals surface area contributed by atoms with E-state index < -0.39 is 0 Å². The van der Waals surface area contributed by atoms with Crippen LogP contribution in [0.15, 0.2) is 60.7 Å². The fourth-order valence-corrected chi connectivity index (χ4v) is 4.92. The van der Waals surface area contributed by atoms with E-state index >= 15 is 0 Å². The monoisotopic (exact) mass is 468 g/mol. The van der Waals surface area contributed by atoms with Gasteiger partial charge >= 0.3 is 0 Å². The summed E-state index contributed by atoms with van der Waals surface area (Å²) < 4.78 is 2.03. The minimum absolute atomic E-state index is 0.115. The molecular weight excluding hydrogens is 436 g/mol. The van der Waals surface area contributed by atoms with Gasteiger partial charge in [0.05, 0.1) is 16.9 Å². The van der Waals surface area contributed by atoms with Crippen molar-refractivity contribution in [3.63, 3.8) is 0 Å². The first-order valence-corrected chi connectivity index (χ1v) is 12.2. The summed E-state index contributed by atoms with van der Waals surface area (Å²) in [5.74, 6) is 0.698. The molecule has 7 nitrogen and oxygen atoms in total. The Morgan fingerprint density at radius 2 is 1.66 bits per heavy atom. The van der Waals surface area contributed by atoms with E-state index in [9.17, 15) is 4.79 Å². The van der Waals surface area contributed by atoms with Crippen molar-refractivity contribution in [1.29, 1.82) is 0 Å². The normalized spacial score (nSPS) is 14.4. The number of aromatic nitrogens is 3. The summed E-state index contributed by atoms with van der Waals surface area (Å²) in [5, 5.41) is 4.25. The molecular formula is C28H32N6O. The van der Waals surface area contributed by atoms with Gasteiger partial charge in [0.1, 0.15) is 11.5 Å². The second-order valence-corrected chi connectivity index (χ2v) is 9.15. The lowest BCUT2D eigenvalue weighted by Crippen LogP contribution is -2.48. The fourth-order valence-electron chi connectivity index (χ4n) is 4.92. The molecule has 5 rings (SSSR count). The SMILES string of the molecule is Cc1ccc2cccc(N3CCN(CCNC(=O)c4nc(C)n(-c5ccccc5)c4C)CC3)c2n1. The van der Waals surface area contributed by atoms with Crippen LogP contribution in [-0.4, -0.2) is 64.6 Å². The van der Waals surface area contributed by atoms with Crippen LogP contribution in [0.5, 0.6) is 0 Å². The highest BCUT2D eigenvalue weighted by Crippen LogP contribution is 2.26. The number of anilines is 1. The second-order valence-electron chi connectivity index (χ2n) is 9.15. The van der Waals surface area contributed by atoms with Gasteiger partial charge in [0.2, 0.25) is 0 Å². The predicted molar refractivity (Wildman–Crippen MR) is 141 cm³/mol. The van der Waals surface area contributed by atoms with Crippen molar-refractivity contribution in [3.05, 3.63) is 83.6 Å². The molecule has 4 aromatic rings. The number of piperazine rings is 1. The van der Waals surface area contributed by atoms with Gasteiger partial charge in [0.25, 0.3) is 5.91 Å². The summed E-state index contributed by atoms with van der Waals surface area (Å²) in [4.78, 5) is 27.0. The van der Waals surface area contributed by atoms with Gasteiger partial charge in [-0.2, -0.15) is 0 Å². The average Bonchev–Trinajstić information content (AvgIpc) is 3.18. The molecule has 0 aliphatic carbocycles. The van der Waals surface area contributed by atoms with Crippen molar-refractivity contribution >= 4 is 22.5 Å². The van der Waals surface area contributed by atoms with Gasteiger partial charge in [-0.05, 0) is 45.0 Å². The molecule has 2 aromatic heterocycles. The largest absolute Gasteiger partial charge is 0.367 e. The third-order valence-electron chi connectivity index (χ3n) is 6.77. The molecule has 0 radical (unpaired) electrons. The number of para-hydroxylation sites is 2. The van der Waals surface area contributed by atoms with Gasteiger partial charge < -0.3 is 14.8 Å². The maximum atomic E-state index is 12.9. The Balaban J connectivity index is 1.16. The Morgan fingerprint density at radius 3 is 2.43 bits per heavy atom. The number of amides is 1. The quantitative estimate of drug-likeness (QED) is 0.465. The third kappa shape index (κ3) is 4.77. The Labute approximate surface area is 206 Å². The van der Waals surface area contributed by atoms with E-state index in [0.29, 0.717) is 12.2 Å². The van der Waals surface area contributed by atoms with Crippen molar-refractivity contribution in [2.24, 2.45) is 0 Å². The lowest BCUT2D eigenvalue weighted by atomic mass is 10.1. The molecule has 0 spiro atoms. The molecule has 1 N–H and O–H groups in total. The highest BCUT2D eigenvalue weighted by atomic mass is 16.1. The molecule has 35 heavy (non-hydrogen) atoms. The van der Waals surface area contributed by atoms with Crippen LogP contribution in [0.25, 0.3) is 16.6 Å². The van der Waals surface area contributed by atoms with Crippen molar-refractivity contribution in [1.82, 2.24) is 24.8 Å². The summed E-state index contributed by atoms with van der Waals surface area (Å²) in [5.41, 5.74) is 5.70. The number of fused-ring (bicyclic) bond motifs is 1. The number of carbonyl (C=O) groups excluding carboxylic acids is 1. The van der Waals surface area contributed by atoms with Crippen LogP contribution < -0.4 is 10.2 Å². The number of hydrogen-bond donors (Lipinski definition) is 1. The molecule has 7 heteroatoms. The zero-order chi connectivity index (χ0) is 24.4. The van der Waals surface area contributed by atoms with Crippen molar-refractivity contribution in [2.45, 2.75) is 20.8 Å². The number of carbonyl (C=O) groups is 1. The number of pyridine rings is 1. The van der Waals surface area contributed by atoms with Crippen LogP contribution in [0, 0.1) is 20.8 Å². The molecule has 0 unspecified atom stereocenters. The Morgan fingerprint density at radius 1 is 0.886 bits per heavy atom. The Kier molecular flexibility index (Phi) is 6.51. The third-order valence-corrected chi connectivity index (χ3v) is 6.77. The summed E-state index contributed by atoms with van der Waals surface area (Å²) in [6.07, 6.45) is 0. The summed E-state index contributed by atoms with van der Waals surface area (Å²) in [6, 6.07) is 20.6. The van der Waals surface area contributed by atoms with E-state index in [1.54, 1.807) is 0 Å². The average molecular weight is 469 g/mol. The minimum atomic E-state index is -0.115. The van der Waals surface area contributed by atoms with Crippen LogP contribution in [0.1, 0.15) is 27.7 Å². The Bertz CT molecular complexity index is 1340. The highest BCUT2D eigenvalue weighted by Gasteiger charge is 2.21. The van der Waals surface area contributed by atoms with E-state index in [-0.39, 0.29) is 5.91 Å². The van der Waals surface area contributed by atoms with Crippen LogP contribution in [0.3, 0.4) is 0 Å². The molecule has 1 amide bonds. The molecule has 1 aliphatic heterocycles. The molecule has 1 aliphatic rings. The predicted octanol–water partition coefficient (Wildman–Crippen LogP) is 3.90. The van der Waals surface area contributed by atoms with E-state index in [1.165, 1.54) is 11.1 Å². The van der Waals surface area contributed by atoms with Crippen LogP contribution in [-0.2, 0) is 0 Å². The lowest BCUT2D eigenvalue weighted by molar-refractivity contribution is 0.0942. The van der Waals surface area contributed by atoms with Gasteiger partial charge in [-0.25, -0.2) is 4.98 Å². The molecule has 2 aromatic carbocycles. The van der Waals surface area contributed by atoms with Crippen molar-refractivity contribution < 1.29 is 4.79 Å². The number of nitrogens with one attached hydrogen (secondary N) is 1. The highest BCUT2D eigenvalue weighted by molar-refractivity contribution is 5.93. The van der Waals surface area contributed by atoms with Crippen molar-refractivity contribution in [2.75, 3.05) is 44.2 Å². The fraction of sp³-hybridized carbons (Fsp3) is 0.321. The molecule has 1 saturated heterocycles. The minimum Gasteiger partial charge on any atom is -0.367 e. The zero-order valence-corrected chi connectivity index (χ0v) is 20.7. The first-order chi connectivity index (χ1) is 17.0. The first-order valence-electron chi connectivity index (χ1n) is 12.2. The van der Waals surface area contributed by atoms with Gasteiger partial charge in [0, 0.05) is 56.0 Å². The molecule has 0 atom stereocenters. The number of nitrogens with zero attached hydrogens (tertiary/aromatic N) is 5. The maximum absolute atomic E-state index is 12.9. The molecule has 3 heterocycles. The number of hydrogen-bond acceptors (Lipinski definition) is 5. The molecule has 1 fully saturated rings. The molecule has 0 saturated carbocycles. The van der Waals surface area contributed by atoms with E-state index in [4.69, 9.17) is 4.98 Å². The van der Waals surface area contributed by atoms with Crippen LogP contribution >= 0.6 is 0 Å². The van der Waals surface area contributed by atoms with E-state index in [2.05, 4.69) is 50.4 Å². The zero-order valence-electron chi connectivity index (χ0n) is 20.7. The molecule has 180 valence electrons. The Hall–Kier alpha value is -3.71. The lowest BCUT2D eigenvalue weighted by Gasteiger charge is -2.36. The van der Waals surface area contributed by atoms with Crippen molar-refractivity contribution in [3.8, 4) is 5.69 Å². The number of rotatable bonds is 6. The van der Waals surface area contributed by atoms with Gasteiger partial charge in [-0.15, -0.1) is 0 Å². The number of aryl methyl sites for hydroxylation is 2. The first kappa shape index (κ1) is 23.1.